The zero-order valence-corrected chi connectivity index (χ0v) is 15.7. The van der Waals surface area contributed by atoms with Crippen molar-refractivity contribution >= 4 is 26.5 Å². The number of anilines is 1. The highest BCUT2D eigenvalue weighted by Crippen LogP contribution is 2.33. The molecule has 0 spiro atoms. The number of benzene rings is 1. The minimum atomic E-state index is -3.89. The predicted molar refractivity (Wildman–Crippen MR) is 98.5 cm³/mol. The van der Waals surface area contributed by atoms with Crippen LogP contribution >= 0.6 is 0 Å². The van der Waals surface area contributed by atoms with Gasteiger partial charge >= 0.3 is 0 Å². The lowest BCUT2D eigenvalue weighted by atomic mass is 10.2. The first-order chi connectivity index (χ1) is 11.9. The lowest BCUT2D eigenvalue weighted by molar-refractivity contribution is -0.123. The van der Waals surface area contributed by atoms with E-state index in [1.54, 1.807) is 22.0 Å². The summed E-state index contributed by atoms with van der Waals surface area (Å²) in [6.45, 7) is 5.69. The Labute approximate surface area is 149 Å². The van der Waals surface area contributed by atoms with E-state index in [1.165, 1.54) is 0 Å². The molecule has 0 N–H and O–H groups in total. The van der Waals surface area contributed by atoms with Gasteiger partial charge in [0.15, 0.2) is 0 Å². The van der Waals surface area contributed by atoms with Crippen molar-refractivity contribution < 1.29 is 13.2 Å². The molecule has 3 rings (SSSR count). The third kappa shape index (κ3) is 3.42. The van der Waals surface area contributed by atoms with Crippen LogP contribution in [0.2, 0.25) is 0 Å². The van der Waals surface area contributed by atoms with Gasteiger partial charge in [0.05, 0.1) is 10.6 Å². The fourth-order valence-corrected chi connectivity index (χ4v) is 4.79. The maximum absolute atomic E-state index is 13.0. The summed E-state index contributed by atoms with van der Waals surface area (Å²) in [5, 5.41) is 5.61. The first kappa shape index (κ1) is 17.9. The second kappa shape index (κ2) is 7.15. The van der Waals surface area contributed by atoms with E-state index in [4.69, 9.17) is 0 Å². The molecule has 6 nitrogen and oxygen atoms in total. The summed E-state index contributed by atoms with van der Waals surface area (Å²) in [4.78, 5) is 14.8. The van der Waals surface area contributed by atoms with Crippen molar-refractivity contribution in [2.24, 2.45) is 5.10 Å². The molecule has 0 aliphatic carbocycles. The highest BCUT2D eigenvalue weighted by atomic mass is 32.2. The van der Waals surface area contributed by atoms with E-state index in [0.717, 1.165) is 37.7 Å². The number of hydrazone groups is 1. The topological polar surface area (TPSA) is 70.1 Å². The Morgan fingerprint density at radius 1 is 1.16 bits per heavy atom. The number of carbonyl (C=O) groups is 1. The molecule has 0 aromatic heterocycles. The van der Waals surface area contributed by atoms with E-state index >= 15 is 0 Å². The molecule has 25 heavy (non-hydrogen) atoms. The summed E-state index contributed by atoms with van der Waals surface area (Å²) < 4.78 is 26.1. The summed E-state index contributed by atoms with van der Waals surface area (Å²) in [5.41, 5.74) is 1.53. The Hall–Kier alpha value is -1.89. The molecule has 2 aliphatic rings. The monoisotopic (exact) mass is 363 g/mol. The first-order valence-corrected chi connectivity index (χ1v) is 10.4. The number of nitrogens with zero attached hydrogens (tertiary/aromatic N) is 3. The van der Waals surface area contributed by atoms with Crippen molar-refractivity contribution in [3.05, 3.63) is 23.8 Å². The van der Waals surface area contributed by atoms with Crippen molar-refractivity contribution in [3.8, 4) is 0 Å². The largest absolute Gasteiger partial charge is 0.337 e. The summed E-state index contributed by atoms with van der Waals surface area (Å²) in [5.74, 6) is -0.464. The maximum atomic E-state index is 13.0. The van der Waals surface area contributed by atoms with Gasteiger partial charge in [-0.05, 0) is 43.9 Å². The average molecular weight is 363 g/mol. The third-order valence-corrected chi connectivity index (χ3v) is 6.35. The standard InChI is InChI=1S/C18H25N3O3S/c1-3-10-21-15-13-14(2)8-9-16(15)25(23,24)17(19-21)18(22)20-11-6-4-5-7-12-20/h8-9,13H,3-7,10-12H2,1-2H3. The Balaban J connectivity index is 2.03. The van der Waals surface area contributed by atoms with Crippen molar-refractivity contribution in [3.63, 3.8) is 0 Å². The summed E-state index contributed by atoms with van der Waals surface area (Å²) in [6, 6.07) is 5.17. The second-order valence-electron chi connectivity index (χ2n) is 6.71. The molecule has 0 saturated carbocycles. The van der Waals surface area contributed by atoms with Gasteiger partial charge in [-0.3, -0.25) is 9.80 Å². The lowest BCUT2D eigenvalue weighted by Gasteiger charge is -2.29. The molecule has 0 radical (unpaired) electrons. The number of amides is 1. The fourth-order valence-electron chi connectivity index (χ4n) is 3.33. The zero-order chi connectivity index (χ0) is 18.0. The van der Waals surface area contributed by atoms with Crippen LogP contribution in [-0.4, -0.2) is 43.9 Å². The highest BCUT2D eigenvalue weighted by molar-refractivity contribution is 8.08. The van der Waals surface area contributed by atoms with Gasteiger partial charge in [-0.15, -0.1) is 0 Å². The van der Waals surface area contributed by atoms with Crippen LogP contribution in [0.25, 0.3) is 0 Å². The van der Waals surface area contributed by atoms with Crippen LogP contribution in [0.3, 0.4) is 0 Å². The van der Waals surface area contributed by atoms with Crippen LogP contribution in [0.1, 0.15) is 44.6 Å². The molecule has 1 aromatic rings. The van der Waals surface area contributed by atoms with Crippen LogP contribution in [0.5, 0.6) is 0 Å². The number of carbonyl (C=O) groups excluding carboxylic acids is 1. The van der Waals surface area contributed by atoms with Crippen molar-refractivity contribution in [2.75, 3.05) is 24.6 Å². The molecule has 1 fully saturated rings. The van der Waals surface area contributed by atoms with Crippen LogP contribution in [0.4, 0.5) is 5.69 Å². The van der Waals surface area contributed by atoms with Gasteiger partial charge in [0.25, 0.3) is 5.91 Å². The van der Waals surface area contributed by atoms with Crippen LogP contribution in [-0.2, 0) is 14.6 Å². The first-order valence-electron chi connectivity index (χ1n) is 8.96. The molecular weight excluding hydrogens is 338 g/mol. The van der Waals surface area contributed by atoms with Crippen molar-refractivity contribution in [1.29, 1.82) is 0 Å². The number of aryl methyl sites for hydroxylation is 1. The van der Waals surface area contributed by atoms with Gasteiger partial charge in [-0.25, -0.2) is 8.42 Å². The smallest absolute Gasteiger partial charge is 0.286 e. The Morgan fingerprint density at radius 3 is 2.48 bits per heavy atom. The fraction of sp³-hybridized carbons (Fsp3) is 0.556. The molecular formula is C18H25N3O3S. The van der Waals surface area contributed by atoms with Gasteiger partial charge in [0.1, 0.15) is 0 Å². The molecule has 1 aromatic carbocycles. The van der Waals surface area contributed by atoms with E-state index in [0.29, 0.717) is 25.3 Å². The van der Waals surface area contributed by atoms with Gasteiger partial charge in [-0.2, -0.15) is 5.10 Å². The second-order valence-corrected chi connectivity index (χ2v) is 8.54. The number of fused-ring (bicyclic) bond motifs is 1. The Kier molecular flexibility index (Phi) is 5.13. The van der Waals surface area contributed by atoms with E-state index in [9.17, 15) is 13.2 Å². The molecule has 2 aliphatic heterocycles. The maximum Gasteiger partial charge on any atom is 0.286 e. The lowest BCUT2D eigenvalue weighted by Crippen LogP contribution is -2.44. The SMILES string of the molecule is CCCN1N=C(C(=O)N2CCCCCC2)S(=O)(=O)c2ccc(C)cc21. The predicted octanol–water partition coefficient (Wildman–Crippen LogP) is 2.71. The normalized spacial score (nSPS) is 19.8. The van der Waals surface area contributed by atoms with Gasteiger partial charge in [0, 0.05) is 19.6 Å². The highest BCUT2D eigenvalue weighted by Gasteiger charge is 2.39. The molecule has 1 saturated heterocycles. The summed E-state index contributed by atoms with van der Waals surface area (Å²) in [7, 11) is -3.89. The summed E-state index contributed by atoms with van der Waals surface area (Å²) in [6.07, 6.45) is 4.78. The summed E-state index contributed by atoms with van der Waals surface area (Å²) >= 11 is 0. The molecule has 0 bridgehead atoms. The zero-order valence-electron chi connectivity index (χ0n) is 14.9. The molecule has 2 heterocycles. The number of sulfone groups is 1. The van der Waals surface area contributed by atoms with E-state index in [1.807, 2.05) is 19.9 Å². The average Bonchev–Trinajstić information content (AvgIpc) is 2.86. The van der Waals surface area contributed by atoms with Crippen molar-refractivity contribution in [2.45, 2.75) is 50.8 Å². The molecule has 136 valence electrons. The quantitative estimate of drug-likeness (QED) is 0.828. The molecule has 7 heteroatoms. The number of hydrogen-bond donors (Lipinski definition) is 0. The van der Waals surface area contributed by atoms with Gasteiger partial charge in [0.2, 0.25) is 14.9 Å². The molecule has 1 amide bonds. The minimum absolute atomic E-state index is 0.180. The minimum Gasteiger partial charge on any atom is -0.337 e. The van der Waals surface area contributed by atoms with E-state index in [-0.39, 0.29) is 9.94 Å². The van der Waals surface area contributed by atoms with Crippen LogP contribution in [0, 0.1) is 6.92 Å². The Morgan fingerprint density at radius 2 is 1.84 bits per heavy atom. The number of hydrogen-bond acceptors (Lipinski definition) is 5. The van der Waals surface area contributed by atoms with Gasteiger partial charge in [-0.1, -0.05) is 25.8 Å². The molecule has 0 unspecified atom stereocenters. The van der Waals surface area contributed by atoms with Gasteiger partial charge < -0.3 is 4.90 Å². The van der Waals surface area contributed by atoms with Crippen LogP contribution in [0.15, 0.2) is 28.2 Å². The molecule has 0 atom stereocenters. The van der Waals surface area contributed by atoms with E-state index < -0.39 is 15.7 Å². The third-order valence-electron chi connectivity index (χ3n) is 4.66. The van der Waals surface area contributed by atoms with Crippen molar-refractivity contribution in [1.82, 2.24) is 4.90 Å². The number of rotatable bonds is 3. The van der Waals surface area contributed by atoms with E-state index in [2.05, 4.69) is 5.10 Å². The van der Waals surface area contributed by atoms with Crippen LogP contribution < -0.4 is 5.01 Å². The number of likely N-dealkylation sites (tertiary alicyclic amines) is 1. The Bertz CT molecular complexity index is 794.